The number of para-hydroxylation sites is 1. The van der Waals surface area contributed by atoms with Gasteiger partial charge in [-0.05, 0) is 81.9 Å². The summed E-state index contributed by atoms with van der Waals surface area (Å²) in [6.07, 6.45) is 3.39. The molecule has 4 rings (SSSR count). The molecule has 0 aliphatic carbocycles. The first-order valence-electron chi connectivity index (χ1n) is 10.9. The molecule has 0 spiro atoms. The lowest BCUT2D eigenvalue weighted by Gasteiger charge is -2.19. The van der Waals surface area contributed by atoms with Crippen molar-refractivity contribution in [2.75, 3.05) is 13.1 Å². The highest BCUT2D eigenvalue weighted by molar-refractivity contribution is 14.2. The van der Waals surface area contributed by atoms with Gasteiger partial charge in [-0.2, -0.15) is 0 Å². The van der Waals surface area contributed by atoms with E-state index in [9.17, 15) is 4.79 Å². The first-order chi connectivity index (χ1) is 16.1. The molecule has 1 aromatic heterocycles. The lowest BCUT2D eigenvalue weighted by atomic mass is 9.93. The lowest BCUT2D eigenvalue weighted by Crippen LogP contribution is -2.29. The van der Waals surface area contributed by atoms with Crippen LogP contribution in [0.3, 0.4) is 0 Å². The van der Waals surface area contributed by atoms with Gasteiger partial charge < -0.3 is 14.2 Å². The average Bonchev–Trinajstić information content (AvgIpc) is 3.33. The predicted octanol–water partition coefficient (Wildman–Crippen LogP) is 7.18. The third-order valence-electron chi connectivity index (χ3n) is 5.85. The fourth-order valence-corrected chi connectivity index (χ4v) is 5.07. The van der Waals surface area contributed by atoms with Crippen LogP contribution in [-0.2, 0) is 17.6 Å². The number of carbonyl (C=O) groups excluding carboxylic acids is 1. The summed E-state index contributed by atoms with van der Waals surface area (Å²) in [4.78, 5) is 19.0. The summed E-state index contributed by atoms with van der Waals surface area (Å²) in [7, 11) is 0. The van der Waals surface area contributed by atoms with Crippen LogP contribution >= 0.6 is 40.1 Å². The number of benzene rings is 2. The van der Waals surface area contributed by atoms with Gasteiger partial charge in [0, 0.05) is 25.2 Å². The molecule has 2 heterocycles. The molecule has 1 aliphatic rings. The van der Waals surface area contributed by atoms with Crippen LogP contribution in [0.1, 0.15) is 46.4 Å². The van der Waals surface area contributed by atoms with E-state index in [4.69, 9.17) is 20.9 Å². The third-order valence-corrected chi connectivity index (χ3v) is 7.35. The number of hydrogen-bond acceptors (Lipinski definition) is 4. The molecule has 5 nitrogen and oxygen atoms in total. The van der Waals surface area contributed by atoms with E-state index in [0.29, 0.717) is 36.9 Å². The van der Waals surface area contributed by atoms with Crippen LogP contribution in [0.15, 0.2) is 60.8 Å². The highest BCUT2D eigenvalue weighted by Crippen LogP contribution is 2.36. The van der Waals surface area contributed by atoms with Crippen LogP contribution in [0.25, 0.3) is 0 Å². The molecule has 2 atom stereocenters. The second-order valence-corrected chi connectivity index (χ2v) is 10.0. The van der Waals surface area contributed by atoms with Crippen molar-refractivity contribution in [1.29, 1.82) is 0 Å². The van der Waals surface area contributed by atoms with Gasteiger partial charge in [-0.3, -0.25) is 4.79 Å². The minimum Gasteiger partial charge on any atom is -0.457 e. The predicted molar refractivity (Wildman–Crippen MR) is 142 cm³/mol. The van der Waals surface area contributed by atoms with Crippen molar-refractivity contribution in [2.24, 2.45) is 0 Å². The quantitative estimate of drug-likeness (QED) is 0.205. The van der Waals surface area contributed by atoms with Crippen LogP contribution in [0.4, 0.5) is 0 Å². The van der Waals surface area contributed by atoms with Crippen molar-refractivity contribution in [1.82, 2.24) is 9.88 Å². The Morgan fingerprint density at radius 2 is 2.06 bits per heavy atom. The number of halogens is 2. The molecular weight excluding hydrogens is 570 g/mol. The molecule has 1 fully saturated rings. The molecule has 3 aromatic rings. The minimum absolute atomic E-state index is 0.120. The number of carbonyl (C=O) groups is 1. The number of likely N-dealkylation sites (tertiary alicyclic amines) is 1. The van der Waals surface area contributed by atoms with Crippen LogP contribution < -0.4 is 4.74 Å². The molecule has 8 heteroatoms. The Bertz CT molecular complexity index is 1130. The molecular formula is C25H25ClIN2O3P. The van der Waals surface area contributed by atoms with Gasteiger partial charge in [0.15, 0.2) is 0 Å². The number of hydrogen-bond donors (Lipinski definition) is 0. The molecule has 172 valence electrons. The molecule has 0 N–H and O–H groups in total. The lowest BCUT2D eigenvalue weighted by molar-refractivity contribution is 0.0785. The number of rotatable bonds is 8. The summed E-state index contributed by atoms with van der Waals surface area (Å²) in [5.41, 5.74) is 3.78. The topological polar surface area (TPSA) is 51.7 Å². The Kier molecular flexibility index (Phi) is 8.58. The van der Waals surface area contributed by atoms with E-state index in [1.54, 1.807) is 18.3 Å². The van der Waals surface area contributed by atoms with Crippen molar-refractivity contribution in [3.05, 3.63) is 88.2 Å². The Hall–Kier alpha value is -1.73. The van der Waals surface area contributed by atoms with Gasteiger partial charge in [-0.25, -0.2) is 4.98 Å². The van der Waals surface area contributed by atoms with Gasteiger partial charge in [0.05, 0.1) is 18.1 Å². The van der Waals surface area contributed by atoms with Crippen molar-refractivity contribution in [3.63, 3.8) is 0 Å². The second-order valence-electron chi connectivity index (χ2n) is 7.86. The zero-order chi connectivity index (χ0) is 23.2. The fourth-order valence-electron chi connectivity index (χ4n) is 4.19. The van der Waals surface area contributed by atoms with E-state index < -0.39 is 0 Å². The summed E-state index contributed by atoms with van der Waals surface area (Å²) >= 11 is 8.43. The smallest absolute Gasteiger partial charge is 0.274 e. The molecule has 0 bridgehead atoms. The van der Waals surface area contributed by atoms with Crippen molar-refractivity contribution in [2.45, 2.75) is 32.3 Å². The molecule has 0 saturated carbocycles. The molecule has 0 radical (unpaired) electrons. The molecule has 2 unspecified atom stereocenters. The van der Waals surface area contributed by atoms with Gasteiger partial charge in [-0.1, -0.05) is 42.8 Å². The SMILES string of the molecule is CCc1ccccc1Oc1ccc(C2CCN(C(=O)c3ncccc3Cl)C2)c(COPI)c1. The fraction of sp³-hybridized carbons (Fsp3) is 0.280. The number of nitrogens with zero attached hydrogens (tertiary/aromatic N) is 2. The standard InChI is InChI=1S/C25H25ClIN2O3P/c1-2-17-6-3-4-8-23(17)32-20-9-10-21(19(14-20)16-31-33-27)18-11-13-29(15-18)25(30)24-22(26)7-5-12-28-24/h3-10,12,14,18,33H,2,11,13,15-16H2,1H3. The molecule has 1 aliphatic heterocycles. The monoisotopic (exact) mass is 594 g/mol. The van der Waals surface area contributed by atoms with E-state index in [-0.39, 0.29) is 11.8 Å². The second kappa shape index (κ2) is 11.6. The van der Waals surface area contributed by atoms with E-state index in [0.717, 1.165) is 29.9 Å². The average molecular weight is 595 g/mol. The number of aryl methyl sites for hydroxylation is 1. The Balaban J connectivity index is 1.54. The van der Waals surface area contributed by atoms with E-state index in [1.807, 2.05) is 29.2 Å². The Labute approximate surface area is 214 Å². The summed E-state index contributed by atoms with van der Waals surface area (Å²) in [5, 5.41) is 0.386. The normalized spacial score (nSPS) is 16.0. The van der Waals surface area contributed by atoms with Gasteiger partial charge in [0.1, 0.15) is 17.2 Å². The summed E-state index contributed by atoms with van der Waals surface area (Å²) in [5.74, 6) is 1.77. The highest BCUT2D eigenvalue weighted by atomic mass is 127. The zero-order valence-electron chi connectivity index (χ0n) is 18.3. The number of aromatic nitrogens is 1. The van der Waals surface area contributed by atoms with Crippen molar-refractivity contribution < 1.29 is 14.1 Å². The Morgan fingerprint density at radius 1 is 1.21 bits per heavy atom. The van der Waals surface area contributed by atoms with Gasteiger partial charge >= 0.3 is 0 Å². The van der Waals surface area contributed by atoms with Crippen molar-refractivity contribution in [3.8, 4) is 11.5 Å². The maximum Gasteiger partial charge on any atom is 0.274 e. The Morgan fingerprint density at radius 3 is 2.85 bits per heavy atom. The van der Waals surface area contributed by atoms with Crippen LogP contribution in [-0.4, -0.2) is 28.9 Å². The summed E-state index contributed by atoms with van der Waals surface area (Å²) < 4.78 is 12.0. The van der Waals surface area contributed by atoms with Gasteiger partial charge in [0.25, 0.3) is 5.91 Å². The molecule has 33 heavy (non-hydrogen) atoms. The maximum atomic E-state index is 13.0. The highest BCUT2D eigenvalue weighted by Gasteiger charge is 2.30. The van der Waals surface area contributed by atoms with E-state index in [2.05, 4.69) is 52.1 Å². The van der Waals surface area contributed by atoms with Crippen molar-refractivity contribution >= 4 is 46.0 Å². The summed E-state index contributed by atoms with van der Waals surface area (Å²) in [6.45, 7) is 4.31. The van der Waals surface area contributed by atoms with Gasteiger partial charge in [-0.15, -0.1) is 0 Å². The third kappa shape index (κ3) is 5.86. The largest absolute Gasteiger partial charge is 0.457 e. The number of pyridine rings is 1. The molecule has 1 amide bonds. The minimum atomic E-state index is -0.120. The summed E-state index contributed by atoms with van der Waals surface area (Å²) in [6, 6.07) is 17.7. The first-order valence-corrected chi connectivity index (χ1v) is 15.3. The van der Waals surface area contributed by atoms with Crippen LogP contribution in [0.2, 0.25) is 5.02 Å². The molecule has 2 aromatic carbocycles. The van der Waals surface area contributed by atoms with Crippen LogP contribution in [0.5, 0.6) is 11.5 Å². The van der Waals surface area contributed by atoms with Crippen LogP contribution in [0, 0.1) is 0 Å². The first kappa shape index (κ1) is 24.4. The zero-order valence-corrected chi connectivity index (χ0v) is 22.2. The van der Waals surface area contributed by atoms with E-state index >= 15 is 0 Å². The molecule has 1 saturated heterocycles. The number of amides is 1. The maximum absolute atomic E-state index is 13.0. The van der Waals surface area contributed by atoms with E-state index in [1.165, 1.54) is 11.1 Å². The number of ether oxygens (including phenoxy) is 1. The van der Waals surface area contributed by atoms with Gasteiger partial charge in [0.2, 0.25) is 0 Å².